The molecule has 0 spiro atoms. The summed E-state index contributed by atoms with van der Waals surface area (Å²) in [6.07, 6.45) is 0.395. The maximum Gasteiger partial charge on any atom is 0.122 e. The van der Waals surface area contributed by atoms with Gasteiger partial charge in [0.2, 0.25) is 0 Å². The molecule has 1 atom stereocenters. The highest BCUT2D eigenvalue weighted by molar-refractivity contribution is 5.36. The molecule has 0 unspecified atom stereocenters. The first-order valence-electron chi connectivity index (χ1n) is 6.32. The van der Waals surface area contributed by atoms with Gasteiger partial charge in [0.05, 0.1) is 18.3 Å². The summed E-state index contributed by atoms with van der Waals surface area (Å²) in [6.45, 7) is 8.45. The van der Waals surface area contributed by atoms with Crippen LogP contribution in [0.15, 0.2) is 18.2 Å². The summed E-state index contributed by atoms with van der Waals surface area (Å²) in [4.78, 5) is 0. The standard InChI is InChI=1S/C15H24O3/c1-11-10-13(12(2)16)6-7-14(11)18-9-8-15(3,4)17-5/h6-7,10,12,16H,8-9H2,1-5H3/t12-/m0/s1. The summed E-state index contributed by atoms with van der Waals surface area (Å²) in [5.74, 6) is 0.867. The second kappa shape index (κ2) is 6.21. The number of aryl methyl sites for hydroxylation is 1. The zero-order chi connectivity index (χ0) is 13.8. The molecule has 0 heterocycles. The van der Waals surface area contributed by atoms with E-state index in [-0.39, 0.29) is 5.60 Å². The second-order valence-corrected chi connectivity index (χ2v) is 5.26. The van der Waals surface area contributed by atoms with Crippen LogP contribution in [-0.2, 0) is 4.74 Å². The molecular weight excluding hydrogens is 228 g/mol. The third-order valence-corrected chi connectivity index (χ3v) is 3.20. The number of hydrogen-bond acceptors (Lipinski definition) is 3. The predicted molar refractivity (Wildman–Crippen MR) is 73.0 cm³/mol. The Labute approximate surface area is 110 Å². The summed E-state index contributed by atoms with van der Waals surface area (Å²) < 4.78 is 11.1. The van der Waals surface area contributed by atoms with Crippen LogP contribution in [0.5, 0.6) is 5.75 Å². The molecule has 0 aliphatic heterocycles. The first-order chi connectivity index (χ1) is 8.35. The molecule has 3 heteroatoms. The Morgan fingerprint density at radius 1 is 1.33 bits per heavy atom. The molecule has 0 saturated heterocycles. The van der Waals surface area contributed by atoms with Crippen molar-refractivity contribution in [3.63, 3.8) is 0 Å². The van der Waals surface area contributed by atoms with Crippen molar-refractivity contribution in [1.29, 1.82) is 0 Å². The van der Waals surface area contributed by atoms with Gasteiger partial charge in [-0.2, -0.15) is 0 Å². The van der Waals surface area contributed by atoms with Crippen molar-refractivity contribution >= 4 is 0 Å². The number of rotatable bonds is 6. The summed E-state index contributed by atoms with van der Waals surface area (Å²) in [6, 6.07) is 5.77. The summed E-state index contributed by atoms with van der Waals surface area (Å²) in [5.41, 5.74) is 1.80. The first-order valence-corrected chi connectivity index (χ1v) is 6.32. The fourth-order valence-electron chi connectivity index (χ4n) is 1.60. The van der Waals surface area contributed by atoms with E-state index in [4.69, 9.17) is 9.47 Å². The molecule has 1 N–H and O–H groups in total. The molecule has 0 radical (unpaired) electrons. The summed E-state index contributed by atoms with van der Waals surface area (Å²) in [7, 11) is 1.71. The van der Waals surface area contributed by atoms with E-state index in [1.165, 1.54) is 0 Å². The molecule has 0 amide bonds. The van der Waals surface area contributed by atoms with Gasteiger partial charge in [-0.3, -0.25) is 0 Å². The van der Waals surface area contributed by atoms with Crippen LogP contribution in [-0.4, -0.2) is 24.4 Å². The minimum Gasteiger partial charge on any atom is -0.493 e. The number of aliphatic hydroxyl groups excluding tert-OH is 1. The van der Waals surface area contributed by atoms with Crippen molar-refractivity contribution in [2.24, 2.45) is 0 Å². The Morgan fingerprint density at radius 3 is 2.50 bits per heavy atom. The summed E-state index contributed by atoms with van der Waals surface area (Å²) in [5, 5.41) is 9.50. The number of methoxy groups -OCH3 is 1. The monoisotopic (exact) mass is 252 g/mol. The molecule has 0 aromatic heterocycles. The highest BCUT2D eigenvalue weighted by Gasteiger charge is 2.16. The molecule has 0 aliphatic rings. The number of ether oxygens (including phenoxy) is 2. The lowest BCUT2D eigenvalue weighted by Gasteiger charge is -2.23. The zero-order valence-electron chi connectivity index (χ0n) is 12.0. The molecule has 1 aromatic carbocycles. The fraction of sp³-hybridized carbons (Fsp3) is 0.600. The van der Waals surface area contributed by atoms with Crippen molar-refractivity contribution in [3.8, 4) is 5.75 Å². The van der Waals surface area contributed by atoms with Crippen molar-refractivity contribution in [2.45, 2.75) is 45.8 Å². The SMILES string of the molecule is COC(C)(C)CCOc1ccc([C@H](C)O)cc1C. The molecule has 0 fully saturated rings. The lowest BCUT2D eigenvalue weighted by Crippen LogP contribution is -2.25. The van der Waals surface area contributed by atoms with Gasteiger partial charge in [-0.25, -0.2) is 0 Å². The van der Waals surface area contributed by atoms with Crippen LogP contribution in [0.4, 0.5) is 0 Å². The topological polar surface area (TPSA) is 38.7 Å². The molecule has 0 aliphatic carbocycles. The quantitative estimate of drug-likeness (QED) is 0.844. The predicted octanol–water partition coefficient (Wildman–Crippen LogP) is 3.24. The number of hydrogen-bond donors (Lipinski definition) is 1. The lowest BCUT2D eigenvalue weighted by atomic mass is 10.1. The minimum absolute atomic E-state index is 0.159. The largest absolute Gasteiger partial charge is 0.493 e. The molecule has 18 heavy (non-hydrogen) atoms. The van der Waals surface area contributed by atoms with Crippen molar-refractivity contribution < 1.29 is 14.6 Å². The van der Waals surface area contributed by atoms with Crippen LogP contribution in [0.1, 0.15) is 44.4 Å². The van der Waals surface area contributed by atoms with Gasteiger partial charge in [0, 0.05) is 13.5 Å². The van der Waals surface area contributed by atoms with Gasteiger partial charge in [-0.05, 0) is 51.0 Å². The Morgan fingerprint density at radius 2 is 2.00 bits per heavy atom. The Bertz CT molecular complexity index is 383. The van der Waals surface area contributed by atoms with E-state index in [0.29, 0.717) is 6.61 Å². The van der Waals surface area contributed by atoms with Gasteiger partial charge in [0.1, 0.15) is 5.75 Å². The van der Waals surface area contributed by atoms with E-state index in [1.54, 1.807) is 14.0 Å². The lowest BCUT2D eigenvalue weighted by molar-refractivity contribution is 0.00539. The van der Waals surface area contributed by atoms with Gasteiger partial charge in [0.25, 0.3) is 0 Å². The summed E-state index contributed by atoms with van der Waals surface area (Å²) >= 11 is 0. The van der Waals surface area contributed by atoms with Gasteiger partial charge in [0.15, 0.2) is 0 Å². The Balaban J connectivity index is 2.58. The van der Waals surface area contributed by atoms with Crippen molar-refractivity contribution in [3.05, 3.63) is 29.3 Å². The van der Waals surface area contributed by atoms with Gasteiger partial charge >= 0.3 is 0 Å². The fourth-order valence-corrected chi connectivity index (χ4v) is 1.60. The zero-order valence-corrected chi connectivity index (χ0v) is 12.0. The van der Waals surface area contributed by atoms with E-state index >= 15 is 0 Å². The third-order valence-electron chi connectivity index (χ3n) is 3.20. The number of benzene rings is 1. The number of aliphatic hydroxyl groups is 1. The van der Waals surface area contributed by atoms with E-state index in [1.807, 2.05) is 39.0 Å². The molecule has 1 aromatic rings. The molecule has 3 nitrogen and oxygen atoms in total. The van der Waals surface area contributed by atoms with E-state index < -0.39 is 6.10 Å². The van der Waals surface area contributed by atoms with Gasteiger partial charge < -0.3 is 14.6 Å². The Kier molecular flexibility index (Phi) is 5.17. The van der Waals surface area contributed by atoms with E-state index in [2.05, 4.69) is 0 Å². The molecule has 0 saturated carbocycles. The van der Waals surface area contributed by atoms with Crippen molar-refractivity contribution in [1.82, 2.24) is 0 Å². The van der Waals surface area contributed by atoms with Crippen LogP contribution in [0, 0.1) is 6.92 Å². The highest BCUT2D eigenvalue weighted by Crippen LogP contribution is 2.23. The smallest absolute Gasteiger partial charge is 0.122 e. The third kappa shape index (κ3) is 4.31. The van der Waals surface area contributed by atoms with Crippen molar-refractivity contribution in [2.75, 3.05) is 13.7 Å². The second-order valence-electron chi connectivity index (χ2n) is 5.26. The average molecular weight is 252 g/mol. The first kappa shape index (κ1) is 15.0. The van der Waals surface area contributed by atoms with Gasteiger partial charge in [-0.1, -0.05) is 6.07 Å². The minimum atomic E-state index is -0.440. The van der Waals surface area contributed by atoms with E-state index in [0.717, 1.165) is 23.3 Å². The highest BCUT2D eigenvalue weighted by atomic mass is 16.5. The molecule has 0 bridgehead atoms. The normalized spacial score (nSPS) is 13.4. The van der Waals surface area contributed by atoms with E-state index in [9.17, 15) is 5.11 Å². The van der Waals surface area contributed by atoms with Crippen LogP contribution in [0.2, 0.25) is 0 Å². The van der Waals surface area contributed by atoms with Crippen LogP contribution in [0.3, 0.4) is 0 Å². The van der Waals surface area contributed by atoms with Crippen LogP contribution >= 0.6 is 0 Å². The maximum absolute atomic E-state index is 9.50. The molecular formula is C15H24O3. The average Bonchev–Trinajstić information content (AvgIpc) is 2.31. The molecule has 1 rings (SSSR count). The Hall–Kier alpha value is -1.06. The molecule has 102 valence electrons. The van der Waals surface area contributed by atoms with Crippen LogP contribution < -0.4 is 4.74 Å². The van der Waals surface area contributed by atoms with Gasteiger partial charge in [-0.15, -0.1) is 0 Å². The maximum atomic E-state index is 9.50. The van der Waals surface area contributed by atoms with Crippen LogP contribution in [0.25, 0.3) is 0 Å².